The number of ether oxygens (including phenoxy) is 1. The van der Waals surface area contributed by atoms with E-state index in [-0.39, 0.29) is 40.8 Å². The number of aromatic hydroxyl groups is 3. The van der Waals surface area contributed by atoms with E-state index in [2.05, 4.69) is 0 Å². The molecule has 1 aliphatic heterocycles. The van der Waals surface area contributed by atoms with Crippen molar-refractivity contribution in [2.45, 2.75) is 32.8 Å². The molecule has 0 aliphatic carbocycles. The van der Waals surface area contributed by atoms with Gasteiger partial charge in [0.05, 0.1) is 12.7 Å². The van der Waals surface area contributed by atoms with E-state index in [1.54, 1.807) is 6.07 Å². The lowest BCUT2D eigenvalue weighted by atomic mass is 9.90. The number of benzene rings is 2. The molecule has 1 aromatic heterocycles. The summed E-state index contributed by atoms with van der Waals surface area (Å²) in [5.41, 5.74) is 2.83. The molecule has 0 spiro atoms. The third-order valence-corrected chi connectivity index (χ3v) is 4.90. The minimum Gasteiger partial charge on any atom is -0.508 e. The highest BCUT2D eigenvalue weighted by Crippen LogP contribution is 2.44. The van der Waals surface area contributed by atoms with Crippen LogP contribution in [0.25, 0.3) is 11.0 Å². The first-order valence-corrected chi connectivity index (χ1v) is 8.96. The number of allylic oxidation sites excluding steroid dienone is 2. The summed E-state index contributed by atoms with van der Waals surface area (Å²) in [5.74, 6) is -0.642. The van der Waals surface area contributed by atoms with Crippen molar-refractivity contribution in [3.63, 3.8) is 0 Å². The summed E-state index contributed by atoms with van der Waals surface area (Å²) < 4.78 is 11.4. The fraction of sp³-hybridized carbons (Fsp3) is 0.227. The molecule has 144 valence electrons. The topological polar surface area (TPSA) is 100 Å². The molecule has 0 saturated carbocycles. The number of phenolic OH excluding ortho intramolecular Hbond substituents is 3. The van der Waals surface area contributed by atoms with Gasteiger partial charge in [-0.15, -0.1) is 0 Å². The van der Waals surface area contributed by atoms with Crippen molar-refractivity contribution in [2.75, 3.05) is 0 Å². The molecule has 0 fully saturated rings. The van der Waals surface area contributed by atoms with Crippen LogP contribution in [0.2, 0.25) is 0 Å². The van der Waals surface area contributed by atoms with E-state index in [0.717, 1.165) is 11.6 Å². The number of fused-ring (bicyclic) bond motifs is 2. The number of ketones is 1. The van der Waals surface area contributed by atoms with Crippen LogP contribution in [0.5, 0.6) is 23.0 Å². The molecule has 0 radical (unpaired) electrons. The molecule has 4 rings (SSSR count). The van der Waals surface area contributed by atoms with Gasteiger partial charge in [0.1, 0.15) is 28.9 Å². The lowest BCUT2D eigenvalue weighted by Crippen LogP contribution is -2.21. The monoisotopic (exact) mass is 380 g/mol. The van der Waals surface area contributed by atoms with Crippen molar-refractivity contribution < 1.29 is 29.3 Å². The van der Waals surface area contributed by atoms with E-state index in [9.17, 15) is 20.1 Å². The highest BCUT2D eigenvalue weighted by Gasteiger charge is 2.33. The zero-order valence-corrected chi connectivity index (χ0v) is 15.5. The third kappa shape index (κ3) is 2.97. The van der Waals surface area contributed by atoms with Crippen molar-refractivity contribution in [2.24, 2.45) is 0 Å². The molecule has 3 aromatic rings. The summed E-state index contributed by atoms with van der Waals surface area (Å²) in [4.78, 5) is 12.7. The molecule has 6 nitrogen and oxygen atoms in total. The second-order valence-electron chi connectivity index (χ2n) is 7.19. The molecular formula is C22H20O6. The minimum absolute atomic E-state index is 0.00988. The molecule has 0 amide bonds. The number of hydrogen-bond donors (Lipinski definition) is 3. The number of hydrogen-bond acceptors (Lipinski definition) is 6. The largest absolute Gasteiger partial charge is 0.508 e. The number of carbonyl (C=O) groups excluding carboxylic acids is 1. The number of rotatable bonds is 3. The Hall–Kier alpha value is -3.41. The molecule has 0 unspecified atom stereocenters. The predicted molar refractivity (Wildman–Crippen MR) is 103 cm³/mol. The minimum atomic E-state index is -0.660. The maximum Gasteiger partial charge on any atom is 0.175 e. The van der Waals surface area contributed by atoms with Crippen LogP contribution in [0.1, 0.15) is 47.9 Å². The molecule has 1 atom stereocenters. The van der Waals surface area contributed by atoms with Gasteiger partial charge in [-0.2, -0.15) is 0 Å². The van der Waals surface area contributed by atoms with Gasteiger partial charge in [-0.25, -0.2) is 0 Å². The SMILES string of the molecule is CC(C)=CCc1c([C@@H]2CC(=O)c3c(O)cc(O)cc3O2)cc2ccoc2c1O. The smallest absolute Gasteiger partial charge is 0.175 e. The highest BCUT2D eigenvalue weighted by molar-refractivity contribution is 6.03. The zero-order chi connectivity index (χ0) is 20.0. The summed E-state index contributed by atoms with van der Waals surface area (Å²) in [6.45, 7) is 3.93. The lowest BCUT2D eigenvalue weighted by Gasteiger charge is -2.28. The van der Waals surface area contributed by atoms with Crippen LogP contribution in [-0.4, -0.2) is 21.1 Å². The Morgan fingerprint density at radius 3 is 2.75 bits per heavy atom. The molecule has 1 aliphatic rings. The average Bonchev–Trinajstić information content (AvgIpc) is 3.08. The first kappa shape index (κ1) is 18.0. The van der Waals surface area contributed by atoms with Crippen LogP contribution in [0.4, 0.5) is 0 Å². The van der Waals surface area contributed by atoms with E-state index < -0.39 is 6.10 Å². The standard InChI is InChI=1S/C22H20O6/c1-11(2)3-4-14-15(7-12-5-6-27-22(12)21(14)26)18-10-17(25)20-16(24)8-13(23)9-19(20)28-18/h3,5-9,18,23-24,26H,4,10H2,1-2H3/t18-/m0/s1. The van der Waals surface area contributed by atoms with Crippen LogP contribution >= 0.6 is 0 Å². The van der Waals surface area contributed by atoms with Crippen molar-refractivity contribution in [3.05, 3.63) is 58.9 Å². The second kappa shape index (κ2) is 6.64. The summed E-state index contributed by atoms with van der Waals surface area (Å²) in [5, 5.41) is 31.2. The van der Waals surface area contributed by atoms with Gasteiger partial charge in [0.25, 0.3) is 0 Å². The average molecular weight is 380 g/mol. The summed E-state index contributed by atoms with van der Waals surface area (Å²) in [7, 11) is 0. The number of phenols is 3. The van der Waals surface area contributed by atoms with Crippen molar-refractivity contribution in [3.8, 4) is 23.0 Å². The Balaban J connectivity index is 1.85. The Morgan fingerprint density at radius 2 is 2.00 bits per heavy atom. The van der Waals surface area contributed by atoms with Crippen molar-refractivity contribution >= 4 is 16.8 Å². The number of carbonyl (C=O) groups is 1. The molecule has 2 heterocycles. The normalized spacial score (nSPS) is 15.9. The molecule has 2 aromatic carbocycles. The fourth-order valence-electron chi connectivity index (χ4n) is 3.56. The van der Waals surface area contributed by atoms with Gasteiger partial charge >= 0.3 is 0 Å². The van der Waals surface area contributed by atoms with Gasteiger partial charge in [-0.1, -0.05) is 11.6 Å². The van der Waals surface area contributed by atoms with Crippen LogP contribution in [-0.2, 0) is 6.42 Å². The van der Waals surface area contributed by atoms with Crippen molar-refractivity contribution in [1.29, 1.82) is 0 Å². The van der Waals surface area contributed by atoms with Crippen molar-refractivity contribution in [1.82, 2.24) is 0 Å². The Bertz CT molecular complexity index is 1120. The van der Waals surface area contributed by atoms with Gasteiger partial charge in [0, 0.05) is 28.6 Å². The zero-order valence-electron chi connectivity index (χ0n) is 15.5. The Morgan fingerprint density at radius 1 is 1.21 bits per heavy atom. The van der Waals surface area contributed by atoms with E-state index in [4.69, 9.17) is 9.15 Å². The molecule has 0 saturated heterocycles. The number of furan rings is 1. The summed E-state index contributed by atoms with van der Waals surface area (Å²) in [6, 6.07) is 6.01. The fourth-order valence-corrected chi connectivity index (χ4v) is 3.56. The van der Waals surface area contributed by atoms with Crippen LogP contribution in [0.3, 0.4) is 0 Å². The summed E-state index contributed by atoms with van der Waals surface area (Å²) >= 11 is 0. The Kier molecular flexibility index (Phi) is 4.26. The Labute approximate surface area is 161 Å². The van der Waals surface area contributed by atoms with E-state index in [1.807, 2.05) is 26.0 Å². The molecule has 28 heavy (non-hydrogen) atoms. The lowest BCUT2D eigenvalue weighted by molar-refractivity contribution is 0.0843. The molecular weight excluding hydrogens is 360 g/mol. The van der Waals surface area contributed by atoms with Crippen LogP contribution in [0.15, 0.2) is 46.6 Å². The third-order valence-electron chi connectivity index (χ3n) is 4.90. The van der Waals surface area contributed by atoms with Crippen LogP contribution in [0, 0.1) is 0 Å². The molecule has 3 N–H and O–H groups in total. The maximum atomic E-state index is 12.7. The quantitative estimate of drug-likeness (QED) is 0.566. The first-order valence-electron chi connectivity index (χ1n) is 8.96. The van der Waals surface area contributed by atoms with Gasteiger partial charge in [0.15, 0.2) is 17.1 Å². The van der Waals surface area contributed by atoms with Crippen LogP contribution < -0.4 is 4.74 Å². The van der Waals surface area contributed by atoms with E-state index >= 15 is 0 Å². The first-order chi connectivity index (χ1) is 13.3. The van der Waals surface area contributed by atoms with Gasteiger partial charge in [-0.3, -0.25) is 4.79 Å². The highest BCUT2D eigenvalue weighted by atomic mass is 16.5. The van der Waals surface area contributed by atoms with Gasteiger partial charge < -0.3 is 24.5 Å². The molecule has 6 heteroatoms. The maximum absolute atomic E-state index is 12.7. The van der Waals surface area contributed by atoms with E-state index in [0.29, 0.717) is 28.5 Å². The number of Topliss-reactive ketones (excluding diaryl/α,β-unsaturated/α-hetero) is 1. The predicted octanol–water partition coefficient (Wildman–Crippen LogP) is 4.76. The molecule has 0 bridgehead atoms. The van der Waals surface area contributed by atoms with E-state index in [1.165, 1.54) is 12.3 Å². The van der Waals surface area contributed by atoms with Gasteiger partial charge in [-0.05, 0) is 32.4 Å². The van der Waals surface area contributed by atoms with Gasteiger partial charge in [0.2, 0.25) is 0 Å². The second-order valence-corrected chi connectivity index (χ2v) is 7.19. The summed E-state index contributed by atoms with van der Waals surface area (Å²) in [6.07, 6.45) is 3.27.